The molecule has 2 aliphatic carbocycles. The summed E-state index contributed by atoms with van der Waals surface area (Å²) in [5.74, 6) is 1.83. The van der Waals surface area contributed by atoms with Crippen LogP contribution in [-0.2, 0) is 27.2 Å². The second kappa shape index (κ2) is 16.3. The summed E-state index contributed by atoms with van der Waals surface area (Å²) in [6, 6.07) is 12.2. The van der Waals surface area contributed by atoms with Crippen LogP contribution in [0.25, 0.3) is 0 Å². The fourth-order valence-electron chi connectivity index (χ4n) is 8.05. The number of hydrogen-bond acceptors (Lipinski definition) is 8. The highest BCUT2D eigenvalue weighted by atomic mass is 16.5. The summed E-state index contributed by atoms with van der Waals surface area (Å²) < 4.78 is 11.5. The number of phenolic OH excluding ortho intramolecular Hbond substituents is 1. The van der Waals surface area contributed by atoms with Crippen LogP contribution in [0.15, 0.2) is 36.4 Å². The quantitative estimate of drug-likeness (QED) is 0.159. The van der Waals surface area contributed by atoms with E-state index < -0.39 is 6.10 Å². The van der Waals surface area contributed by atoms with E-state index in [1.54, 1.807) is 6.07 Å². The van der Waals surface area contributed by atoms with E-state index in [0.29, 0.717) is 38.3 Å². The summed E-state index contributed by atoms with van der Waals surface area (Å²) >= 11 is 0. The number of likely N-dealkylation sites (tertiary alicyclic amines) is 1. The van der Waals surface area contributed by atoms with Crippen LogP contribution in [-0.4, -0.2) is 97.0 Å². The van der Waals surface area contributed by atoms with E-state index in [1.807, 2.05) is 4.90 Å². The summed E-state index contributed by atoms with van der Waals surface area (Å²) in [6.45, 7) is 5.90. The number of anilines is 1. The van der Waals surface area contributed by atoms with E-state index in [-0.39, 0.29) is 48.2 Å². The van der Waals surface area contributed by atoms with Gasteiger partial charge in [0.15, 0.2) is 12.4 Å². The molecule has 2 heterocycles. The molecule has 10 nitrogen and oxygen atoms in total. The lowest BCUT2D eigenvalue weighted by atomic mass is 10.0. The second-order valence-electron chi connectivity index (χ2n) is 13.9. The van der Waals surface area contributed by atoms with Gasteiger partial charge in [0.1, 0.15) is 11.4 Å². The van der Waals surface area contributed by atoms with Crippen LogP contribution in [0.5, 0.6) is 11.5 Å². The van der Waals surface area contributed by atoms with Crippen molar-refractivity contribution in [3.05, 3.63) is 53.1 Å². The van der Waals surface area contributed by atoms with Gasteiger partial charge in [-0.25, -0.2) is 0 Å². The monoisotopic (exact) mass is 648 g/mol. The summed E-state index contributed by atoms with van der Waals surface area (Å²) in [6.07, 6.45) is 9.99. The van der Waals surface area contributed by atoms with Crippen LogP contribution in [0.4, 0.5) is 5.69 Å². The van der Waals surface area contributed by atoms with Gasteiger partial charge in [0, 0.05) is 50.9 Å². The van der Waals surface area contributed by atoms with Crippen LogP contribution < -0.4 is 15.4 Å². The maximum atomic E-state index is 13.3. The zero-order chi connectivity index (χ0) is 32.6. The molecule has 2 aromatic carbocycles. The first-order chi connectivity index (χ1) is 22.9. The number of carbonyl (C=O) groups is 2. The first kappa shape index (κ1) is 33.7. The van der Waals surface area contributed by atoms with E-state index in [0.717, 1.165) is 56.9 Å². The second-order valence-corrected chi connectivity index (χ2v) is 13.9. The highest BCUT2D eigenvalue weighted by Crippen LogP contribution is 2.41. The molecule has 6 rings (SSSR count). The fraction of sp³-hybridized carbons (Fsp3) is 0.622. The number of benzene rings is 2. The van der Waals surface area contributed by atoms with Crippen molar-refractivity contribution >= 4 is 17.5 Å². The van der Waals surface area contributed by atoms with Gasteiger partial charge in [-0.05, 0) is 73.6 Å². The van der Waals surface area contributed by atoms with Gasteiger partial charge >= 0.3 is 0 Å². The van der Waals surface area contributed by atoms with Gasteiger partial charge in [-0.3, -0.25) is 9.59 Å². The molecule has 3 atom stereocenters. The largest absolute Gasteiger partial charge is 0.506 e. The number of aliphatic hydroxyl groups excluding tert-OH is 1. The van der Waals surface area contributed by atoms with Gasteiger partial charge in [-0.2, -0.15) is 0 Å². The number of amides is 2. The van der Waals surface area contributed by atoms with Crippen molar-refractivity contribution in [2.75, 3.05) is 64.4 Å². The van der Waals surface area contributed by atoms with E-state index in [1.165, 1.54) is 49.5 Å². The lowest BCUT2D eigenvalue weighted by molar-refractivity contribution is -0.134. The Hall–Kier alpha value is -3.18. The van der Waals surface area contributed by atoms with Gasteiger partial charge in [0.25, 0.3) is 5.91 Å². The zero-order valence-corrected chi connectivity index (χ0v) is 27.6. The van der Waals surface area contributed by atoms with Gasteiger partial charge < -0.3 is 40.1 Å². The Morgan fingerprint density at radius 1 is 1.04 bits per heavy atom. The number of carbonyl (C=O) groups excluding carboxylic acids is 2. The Morgan fingerprint density at radius 3 is 2.60 bits per heavy atom. The molecular weight excluding hydrogens is 596 g/mol. The lowest BCUT2D eigenvalue weighted by Gasteiger charge is -2.29. The number of phenols is 1. The maximum Gasteiger partial charge on any atom is 0.262 e. The lowest BCUT2D eigenvalue weighted by Crippen LogP contribution is -2.43. The Kier molecular flexibility index (Phi) is 11.7. The standard InChI is InChI=1S/C37H52N4O6/c42-32-12-11-31(37-36(32)39-34(44)25-47-37)33(43)22-38-16-18-41(30-9-1-2-10-30)35(45)15-20-46-19-14-27-6-3-5-26(21-27)13-17-40-23-28-7-4-8-29(28)24-40/h3,5-6,11-12,21,28-30,33,38,42-43H,1-2,4,7-10,13-20,22-25H2,(H,39,44). The molecule has 0 radical (unpaired) electrons. The molecular formula is C37H52N4O6. The van der Waals surface area contributed by atoms with Crippen molar-refractivity contribution in [1.82, 2.24) is 15.1 Å². The summed E-state index contributed by atoms with van der Waals surface area (Å²) in [5.41, 5.74) is 3.35. The average molecular weight is 649 g/mol. The molecule has 4 aliphatic rings. The van der Waals surface area contributed by atoms with Crippen LogP contribution >= 0.6 is 0 Å². The third-order valence-electron chi connectivity index (χ3n) is 10.6. The molecule has 0 aromatic heterocycles. The highest BCUT2D eigenvalue weighted by Gasteiger charge is 2.35. The number of nitrogens with one attached hydrogen (secondary N) is 2. The molecule has 0 bridgehead atoms. The SMILES string of the molecule is O=C1COc2c(C(O)CNCCN(C(=O)CCOCCc3cccc(CCN4CC5CCCC5C4)c3)C3CCCC3)ccc(O)c2N1. The Bertz CT molecular complexity index is 1350. The molecule has 10 heteroatoms. The van der Waals surface area contributed by atoms with Crippen molar-refractivity contribution in [3.8, 4) is 11.5 Å². The van der Waals surface area contributed by atoms with Crippen molar-refractivity contribution in [2.45, 2.75) is 76.4 Å². The molecule has 47 heavy (non-hydrogen) atoms. The van der Waals surface area contributed by atoms with Crippen LogP contribution in [0.2, 0.25) is 0 Å². The molecule has 2 aliphatic heterocycles. The van der Waals surface area contributed by atoms with Crippen molar-refractivity contribution in [2.24, 2.45) is 11.8 Å². The Labute approximate surface area is 278 Å². The van der Waals surface area contributed by atoms with Gasteiger partial charge in [0.2, 0.25) is 5.91 Å². The maximum absolute atomic E-state index is 13.3. The molecule has 0 spiro atoms. The molecule has 2 saturated carbocycles. The minimum atomic E-state index is -0.908. The van der Waals surface area contributed by atoms with Gasteiger partial charge in [0.05, 0.1) is 25.7 Å². The summed E-state index contributed by atoms with van der Waals surface area (Å²) in [7, 11) is 0. The number of ether oxygens (including phenoxy) is 2. The summed E-state index contributed by atoms with van der Waals surface area (Å²) in [5, 5.41) is 26.8. The molecule has 3 fully saturated rings. The number of aromatic hydroxyl groups is 1. The van der Waals surface area contributed by atoms with Crippen molar-refractivity contribution in [1.29, 1.82) is 0 Å². The number of aliphatic hydroxyl groups is 1. The highest BCUT2D eigenvalue weighted by molar-refractivity contribution is 5.97. The molecule has 2 amide bonds. The third kappa shape index (κ3) is 8.84. The van der Waals surface area contributed by atoms with E-state index in [9.17, 15) is 19.8 Å². The van der Waals surface area contributed by atoms with E-state index in [4.69, 9.17) is 9.47 Å². The molecule has 3 unspecified atom stereocenters. The smallest absolute Gasteiger partial charge is 0.262 e. The first-order valence-electron chi connectivity index (χ1n) is 17.8. The zero-order valence-electron chi connectivity index (χ0n) is 27.6. The fourth-order valence-corrected chi connectivity index (χ4v) is 8.05. The minimum Gasteiger partial charge on any atom is -0.506 e. The molecule has 4 N–H and O–H groups in total. The summed E-state index contributed by atoms with van der Waals surface area (Å²) in [4.78, 5) is 29.6. The van der Waals surface area contributed by atoms with Crippen LogP contribution in [0, 0.1) is 11.8 Å². The van der Waals surface area contributed by atoms with Gasteiger partial charge in [-0.1, -0.05) is 43.5 Å². The van der Waals surface area contributed by atoms with E-state index >= 15 is 0 Å². The number of rotatable bonds is 16. The average Bonchev–Trinajstić information content (AvgIpc) is 3.84. The number of hydrogen-bond donors (Lipinski definition) is 4. The predicted octanol–water partition coefficient (Wildman–Crippen LogP) is 4.04. The Morgan fingerprint density at radius 2 is 1.81 bits per heavy atom. The molecule has 256 valence electrons. The molecule has 2 aromatic rings. The Balaban J connectivity index is 0.901. The van der Waals surface area contributed by atoms with Crippen molar-refractivity contribution < 1.29 is 29.3 Å². The van der Waals surface area contributed by atoms with Crippen LogP contribution in [0.1, 0.15) is 74.2 Å². The minimum absolute atomic E-state index is 0.106. The predicted molar refractivity (Wildman–Crippen MR) is 181 cm³/mol. The topological polar surface area (TPSA) is 124 Å². The third-order valence-corrected chi connectivity index (χ3v) is 10.6. The van der Waals surface area contributed by atoms with Crippen molar-refractivity contribution in [3.63, 3.8) is 0 Å². The normalized spacial score (nSPS) is 21.7. The van der Waals surface area contributed by atoms with E-state index in [2.05, 4.69) is 39.8 Å². The number of fused-ring (bicyclic) bond motifs is 2. The van der Waals surface area contributed by atoms with Crippen LogP contribution in [0.3, 0.4) is 0 Å². The number of nitrogens with zero attached hydrogens (tertiary/aromatic N) is 2. The van der Waals surface area contributed by atoms with Gasteiger partial charge in [-0.15, -0.1) is 0 Å². The molecule has 1 saturated heterocycles. The first-order valence-corrected chi connectivity index (χ1v) is 17.8.